The van der Waals surface area contributed by atoms with Crippen molar-refractivity contribution < 1.29 is 0 Å². The van der Waals surface area contributed by atoms with Gasteiger partial charge < -0.3 is 5.32 Å². The highest BCUT2D eigenvalue weighted by Crippen LogP contribution is 2.42. The lowest BCUT2D eigenvalue weighted by atomic mass is 10.0. The van der Waals surface area contributed by atoms with E-state index in [2.05, 4.69) is 50.6 Å². The Hall–Kier alpha value is -2.40. The zero-order valence-electron chi connectivity index (χ0n) is 11.9. The first-order valence-corrected chi connectivity index (χ1v) is 7.98. The maximum absolute atomic E-state index is 4.35. The normalized spacial score (nSPS) is 12.2. The van der Waals surface area contributed by atoms with Gasteiger partial charge in [-0.3, -0.25) is 4.98 Å². The number of anilines is 2. The van der Waals surface area contributed by atoms with Gasteiger partial charge in [-0.1, -0.05) is 17.8 Å². The van der Waals surface area contributed by atoms with Crippen molar-refractivity contribution in [3.05, 3.63) is 66.2 Å². The van der Waals surface area contributed by atoms with Gasteiger partial charge in [0.15, 0.2) is 5.82 Å². The topological polar surface area (TPSA) is 50.7 Å². The molecule has 0 spiro atoms. The molecule has 3 heterocycles. The summed E-state index contributed by atoms with van der Waals surface area (Å²) in [6.45, 7) is 0. The van der Waals surface area contributed by atoms with E-state index in [1.165, 1.54) is 16.0 Å². The lowest BCUT2D eigenvalue weighted by molar-refractivity contribution is 0.952. The van der Waals surface area contributed by atoms with Crippen LogP contribution in [0.25, 0.3) is 0 Å². The molecule has 3 aromatic rings. The highest BCUT2D eigenvalue weighted by molar-refractivity contribution is 7.99. The fourth-order valence-electron chi connectivity index (χ4n) is 2.47. The summed E-state index contributed by atoms with van der Waals surface area (Å²) in [5.74, 6) is 0.839. The first-order chi connectivity index (χ1) is 10.9. The highest BCUT2D eigenvalue weighted by atomic mass is 32.2. The molecular weight excluding hydrogens is 292 g/mol. The lowest BCUT2D eigenvalue weighted by Crippen LogP contribution is -2.04. The van der Waals surface area contributed by atoms with E-state index in [0.717, 1.165) is 29.4 Å². The number of pyridine rings is 1. The lowest BCUT2D eigenvalue weighted by Gasteiger charge is -2.19. The standard InChI is InChI=1S/C17H14N4S/c1(12-5-7-18-8-6-12)2-13-3-4-15-14(11-13)21-16-17(22-15)20-10-9-19-16/h3-11H,1-2H2,(H,19,21). The van der Waals surface area contributed by atoms with E-state index in [4.69, 9.17) is 0 Å². The van der Waals surface area contributed by atoms with E-state index >= 15 is 0 Å². The monoisotopic (exact) mass is 306 g/mol. The number of benzene rings is 1. The molecule has 2 aromatic heterocycles. The molecule has 5 heteroatoms. The van der Waals surface area contributed by atoms with Gasteiger partial charge in [0.1, 0.15) is 5.03 Å². The van der Waals surface area contributed by atoms with Crippen molar-refractivity contribution in [2.45, 2.75) is 22.8 Å². The number of aryl methyl sites for hydroxylation is 2. The fourth-order valence-corrected chi connectivity index (χ4v) is 3.35. The number of nitrogens with one attached hydrogen (secondary N) is 1. The summed E-state index contributed by atoms with van der Waals surface area (Å²) in [4.78, 5) is 13.9. The fraction of sp³-hybridized carbons (Fsp3) is 0.118. The molecule has 0 saturated heterocycles. The molecule has 22 heavy (non-hydrogen) atoms. The third-order valence-corrected chi connectivity index (χ3v) is 4.69. The van der Waals surface area contributed by atoms with Gasteiger partial charge in [0.2, 0.25) is 0 Å². The molecule has 1 N–H and O–H groups in total. The molecule has 0 radical (unpaired) electrons. The van der Waals surface area contributed by atoms with E-state index in [1.54, 1.807) is 24.2 Å². The van der Waals surface area contributed by atoms with Crippen LogP contribution in [0.2, 0.25) is 0 Å². The van der Waals surface area contributed by atoms with Crippen molar-refractivity contribution in [2.75, 3.05) is 5.32 Å². The third kappa shape index (κ3) is 2.67. The summed E-state index contributed by atoms with van der Waals surface area (Å²) >= 11 is 1.66. The molecular formula is C17H14N4S. The van der Waals surface area contributed by atoms with Crippen LogP contribution in [0.3, 0.4) is 0 Å². The van der Waals surface area contributed by atoms with Crippen LogP contribution in [-0.2, 0) is 12.8 Å². The molecule has 1 aromatic carbocycles. The maximum atomic E-state index is 4.35. The van der Waals surface area contributed by atoms with Crippen molar-refractivity contribution in [3.63, 3.8) is 0 Å². The van der Waals surface area contributed by atoms with Crippen molar-refractivity contribution in [3.8, 4) is 0 Å². The Bertz CT molecular complexity index is 805. The van der Waals surface area contributed by atoms with Crippen LogP contribution in [0.15, 0.2) is 65.0 Å². The van der Waals surface area contributed by atoms with Crippen LogP contribution in [0, 0.1) is 0 Å². The smallest absolute Gasteiger partial charge is 0.163 e. The Morgan fingerprint density at radius 1 is 0.864 bits per heavy atom. The Morgan fingerprint density at radius 3 is 2.59 bits per heavy atom. The molecule has 0 aliphatic carbocycles. The number of fused-ring (bicyclic) bond motifs is 2. The number of rotatable bonds is 3. The summed E-state index contributed by atoms with van der Waals surface area (Å²) < 4.78 is 0. The average Bonchev–Trinajstić information content (AvgIpc) is 2.59. The summed E-state index contributed by atoms with van der Waals surface area (Å²) in [5, 5.41) is 4.30. The minimum Gasteiger partial charge on any atom is -0.337 e. The number of hydrogen-bond acceptors (Lipinski definition) is 5. The van der Waals surface area contributed by atoms with Gasteiger partial charge in [-0.25, -0.2) is 9.97 Å². The molecule has 1 aliphatic heterocycles. The molecule has 0 bridgehead atoms. The van der Waals surface area contributed by atoms with Crippen LogP contribution < -0.4 is 5.32 Å². The minimum absolute atomic E-state index is 0.839. The number of nitrogens with zero attached hydrogens (tertiary/aromatic N) is 3. The maximum Gasteiger partial charge on any atom is 0.163 e. The van der Waals surface area contributed by atoms with E-state index in [9.17, 15) is 0 Å². The second kappa shape index (κ2) is 5.77. The summed E-state index contributed by atoms with van der Waals surface area (Å²) in [6, 6.07) is 10.7. The zero-order chi connectivity index (χ0) is 14.8. The molecule has 0 fully saturated rings. The quantitative estimate of drug-likeness (QED) is 0.623. The van der Waals surface area contributed by atoms with E-state index in [0.29, 0.717) is 0 Å². The molecule has 1 aliphatic rings. The van der Waals surface area contributed by atoms with Crippen LogP contribution >= 0.6 is 11.8 Å². The van der Waals surface area contributed by atoms with Gasteiger partial charge >= 0.3 is 0 Å². The van der Waals surface area contributed by atoms with Gasteiger partial charge in [-0.2, -0.15) is 0 Å². The van der Waals surface area contributed by atoms with E-state index in [1.807, 2.05) is 12.4 Å². The zero-order valence-corrected chi connectivity index (χ0v) is 12.7. The predicted molar refractivity (Wildman–Crippen MR) is 87.5 cm³/mol. The van der Waals surface area contributed by atoms with E-state index < -0.39 is 0 Å². The second-order valence-electron chi connectivity index (χ2n) is 5.12. The molecule has 0 amide bonds. The van der Waals surface area contributed by atoms with Gasteiger partial charge in [0, 0.05) is 29.7 Å². The van der Waals surface area contributed by atoms with Crippen molar-refractivity contribution in [2.24, 2.45) is 0 Å². The van der Waals surface area contributed by atoms with Crippen LogP contribution in [0.4, 0.5) is 11.5 Å². The van der Waals surface area contributed by atoms with Crippen molar-refractivity contribution in [1.29, 1.82) is 0 Å². The Labute approximate surface area is 133 Å². The molecule has 0 unspecified atom stereocenters. The molecule has 0 atom stereocenters. The van der Waals surface area contributed by atoms with Gasteiger partial charge in [-0.05, 0) is 48.2 Å². The minimum atomic E-state index is 0.839. The molecule has 4 nitrogen and oxygen atoms in total. The Kier molecular flexibility index (Phi) is 3.48. The third-order valence-electron chi connectivity index (χ3n) is 3.62. The Balaban J connectivity index is 1.53. The van der Waals surface area contributed by atoms with Gasteiger partial charge in [0.05, 0.1) is 5.69 Å². The van der Waals surface area contributed by atoms with Crippen molar-refractivity contribution >= 4 is 23.3 Å². The highest BCUT2D eigenvalue weighted by Gasteiger charge is 2.17. The summed E-state index contributed by atoms with van der Waals surface area (Å²) in [6.07, 6.45) is 9.15. The largest absolute Gasteiger partial charge is 0.337 e. The van der Waals surface area contributed by atoms with Crippen molar-refractivity contribution in [1.82, 2.24) is 15.0 Å². The van der Waals surface area contributed by atoms with Gasteiger partial charge in [0.25, 0.3) is 0 Å². The molecule has 108 valence electrons. The number of hydrogen-bond donors (Lipinski definition) is 1. The van der Waals surface area contributed by atoms with Crippen LogP contribution in [0.5, 0.6) is 0 Å². The summed E-state index contributed by atoms with van der Waals surface area (Å²) in [7, 11) is 0. The average molecular weight is 306 g/mol. The number of aromatic nitrogens is 3. The molecule has 0 saturated carbocycles. The Morgan fingerprint density at radius 2 is 1.68 bits per heavy atom. The molecule has 4 rings (SSSR count). The van der Waals surface area contributed by atoms with E-state index in [-0.39, 0.29) is 0 Å². The summed E-state index contributed by atoms with van der Waals surface area (Å²) in [5.41, 5.74) is 3.74. The first kappa shape index (κ1) is 13.3. The second-order valence-corrected chi connectivity index (χ2v) is 6.15. The predicted octanol–water partition coefficient (Wildman–Crippen LogP) is 3.87. The first-order valence-electron chi connectivity index (χ1n) is 7.16. The SMILES string of the molecule is c1cc(CCc2ccc3c(c2)Nc2nccnc2S3)ccn1. The van der Waals surface area contributed by atoms with Crippen LogP contribution in [-0.4, -0.2) is 15.0 Å². The van der Waals surface area contributed by atoms with Crippen LogP contribution in [0.1, 0.15) is 11.1 Å². The van der Waals surface area contributed by atoms with Gasteiger partial charge in [-0.15, -0.1) is 0 Å².